The Morgan fingerprint density at radius 3 is 2.59 bits per heavy atom. The molecule has 0 aliphatic carbocycles. The van der Waals surface area contributed by atoms with Crippen LogP contribution in [0.1, 0.15) is 23.2 Å². The maximum Gasteiger partial charge on any atom is 0.185 e. The van der Waals surface area contributed by atoms with Crippen LogP contribution in [0.15, 0.2) is 29.3 Å². The number of nitrogens with zero attached hydrogens (tertiary/aromatic N) is 4. The highest BCUT2D eigenvalue weighted by atomic mass is 15.3. The lowest BCUT2D eigenvalue weighted by atomic mass is 10.1. The summed E-state index contributed by atoms with van der Waals surface area (Å²) in [6.07, 6.45) is 1.28. The zero-order valence-electron chi connectivity index (χ0n) is 12.5. The van der Waals surface area contributed by atoms with Crippen LogP contribution in [0.25, 0.3) is 5.69 Å². The summed E-state index contributed by atoms with van der Waals surface area (Å²) >= 11 is 0. The Hall–Kier alpha value is -3.01. The van der Waals surface area contributed by atoms with Gasteiger partial charge in [-0.3, -0.25) is 4.99 Å². The van der Waals surface area contributed by atoms with Crippen LogP contribution in [0.3, 0.4) is 0 Å². The molecule has 1 aromatic carbocycles. The van der Waals surface area contributed by atoms with E-state index in [0.29, 0.717) is 36.5 Å². The summed E-state index contributed by atoms with van der Waals surface area (Å²) in [4.78, 5) is 3.92. The normalized spacial score (nSPS) is 10.2. The number of guanidine groups is 1. The third kappa shape index (κ3) is 3.35. The molecule has 0 aliphatic heterocycles. The second kappa shape index (κ2) is 6.63. The first kappa shape index (κ1) is 15.4. The molecular weight excluding hydrogens is 278 g/mol. The summed E-state index contributed by atoms with van der Waals surface area (Å²) in [6, 6.07) is 9.91. The first-order chi connectivity index (χ1) is 10.5. The number of anilines is 1. The SMILES string of the molecule is Cc1ccc(-n2nc(CCCN=C(N)N)c(C#N)c2N)cc1. The molecule has 0 bridgehead atoms. The van der Waals surface area contributed by atoms with E-state index in [2.05, 4.69) is 16.2 Å². The molecule has 114 valence electrons. The van der Waals surface area contributed by atoms with Gasteiger partial charge in [-0.15, -0.1) is 0 Å². The van der Waals surface area contributed by atoms with Crippen LogP contribution >= 0.6 is 0 Å². The number of hydrogen-bond acceptors (Lipinski definition) is 4. The van der Waals surface area contributed by atoms with E-state index in [4.69, 9.17) is 17.2 Å². The smallest absolute Gasteiger partial charge is 0.185 e. The first-order valence-electron chi connectivity index (χ1n) is 6.93. The molecule has 7 heteroatoms. The number of nitrogens with two attached hydrogens (primary N) is 3. The highest BCUT2D eigenvalue weighted by Gasteiger charge is 2.16. The molecule has 7 nitrogen and oxygen atoms in total. The van der Waals surface area contributed by atoms with E-state index in [1.165, 1.54) is 0 Å². The van der Waals surface area contributed by atoms with E-state index >= 15 is 0 Å². The van der Waals surface area contributed by atoms with Gasteiger partial charge in [-0.25, -0.2) is 4.68 Å². The van der Waals surface area contributed by atoms with Crippen LogP contribution in [0.5, 0.6) is 0 Å². The van der Waals surface area contributed by atoms with Crippen LogP contribution in [0, 0.1) is 18.3 Å². The van der Waals surface area contributed by atoms with E-state index in [1.807, 2.05) is 31.2 Å². The minimum atomic E-state index is 0.0604. The van der Waals surface area contributed by atoms with Crippen molar-refractivity contribution in [3.63, 3.8) is 0 Å². The van der Waals surface area contributed by atoms with Crippen LogP contribution in [0.4, 0.5) is 5.82 Å². The number of nitriles is 1. The van der Waals surface area contributed by atoms with Crippen molar-refractivity contribution in [2.24, 2.45) is 16.5 Å². The monoisotopic (exact) mass is 297 g/mol. The minimum Gasteiger partial charge on any atom is -0.382 e. The van der Waals surface area contributed by atoms with E-state index in [9.17, 15) is 5.26 Å². The quantitative estimate of drug-likeness (QED) is 0.427. The molecule has 2 rings (SSSR count). The van der Waals surface area contributed by atoms with Gasteiger partial charge in [-0.1, -0.05) is 17.7 Å². The second-order valence-corrected chi connectivity index (χ2v) is 4.98. The van der Waals surface area contributed by atoms with E-state index in [-0.39, 0.29) is 5.96 Å². The van der Waals surface area contributed by atoms with E-state index in [1.54, 1.807) is 4.68 Å². The van der Waals surface area contributed by atoms with Crippen molar-refractivity contribution in [3.8, 4) is 11.8 Å². The highest BCUT2D eigenvalue weighted by Crippen LogP contribution is 2.21. The van der Waals surface area contributed by atoms with Crippen molar-refractivity contribution < 1.29 is 0 Å². The Kier molecular flexibility index (Phi) is 4.63. The van der Waals surface area contributed by atoms with Gasteiger partial charge in [-0.2, -0.15) is 10.4 Å². The van der Waals surface area contributed by atoms with Crippen molar-refractivity contribution in [3.05, 3.63) is 41.1 Å². The van der Waals surface area contributed by atoms with Gasteiger partial charge in [-0.05, 0) is 31.9 Å². The van der Waals surface area contributed by atoms with Gasteiger partial charge in [0.1, 0.15) is 17.5 Å². The van der Waals surface area contributed by atoms with Gasteiger partial charge in [0.15, 0.2) is 5.96 Å². The summed E-state index contributed by atoms with van der Waals surface area (Å²) in [6.45, 7) is 2.50. The Labute approximate surface area is 129 Å². The Morgan fingerprint density at radius 2 is 2.00 bits per heavy atom. The maximum absolute atomic E-state index is 9.30. The van der Waals surface area contributed by atoms with Gasteiger partial charge in [0, 0.05) is 6.54 Å². The van der Waals surface area contributed by atoms with Gasteiger partial charge >= 0.3 is 0 Å². The molecule has 0 amide bonds. The number of aryl methyl sites for hydroxylation is 2. The predicted octanol–water partition coefficient (Wildman–Crippen LogP) is 0.841. The van der Waals surface area contributed by atoms with Crippen molar-refractivity contribution in [2.75, 3.05) is 12.3 Å². The number of nitrogen functional groups attached to an aromatic ring is 1. The van der Waals surface area contributed by atoms with Crippen molar-refractivity contribution in [2.45, 2.75) is 19.8 Å². The largest absolute Gasteiger partial charge is 0.382 e. The molecule has 1 aromatic heterocycles. The second-order valence-electron chi connectivity index (χ2n) is 4.98. The van der Waals surface area contributed by atoms with Gasteiger partial charge in [0.25, 0.3) is 0 Å². The molecule has 0 saturated carbocycles. The molecule has 0 unspecified atom stereocenters. The van der Waals surface area contributed by atoms with Gasteiger partial charge < -0.3 is 17.2 Å². The number of rotatable bonds is 5. The lowest BCUT2D eigenvalue weighted by molar-refractivity contribution is 0.775. The number of benzene rings is 1. The maximum atomic E-state index is 9.30. The zero-order valence-corrected chi connectivity index (χ0v) is 12.5. The van der Waals surface area contributed by atoms with Crippen molar-refractivity contribution in [1.29, 1.82) is 5.26 Å². The van der Waals surface area contributed by atoms with Crippen LogP contribution < -0.4 is 17.2 Å². The van der Waals surface area contributed by atoms with Crippen LogP contribution in [-0.2, 0) is 6.42 Å². The standard InChI is InChI=1S/C15H19N7/c1-10-4-6-11(7-5-10)22-14(17)12(9-16)13(21-22)3-2-8-20-15(18)19/h4-7H,2-3,8,17H2,1H3,(H4,18,19,20). The fourth-order valence-corrected chi connectivity index (χ4v) is 2.11. The van der Waals surface area contributed by atoms with Crippen LogP contribution in [0.2, 0.25) is 0 Å². The molecule has 1 heterocycles. The molecule has 0 atom stereocenters. The fraction of sp³-hybridized carbons (Fsp3) is 0.267. The average molecular weight is 297 g/mol. The number of hydrogen-bond donors (Lipinski definition) is 3. The highest BCUT2D eigenvalue weighted by molar-refractivity contribution is 5.75. The molecule has 22 heavy (non-hydrogen) atoms. The minimum absolute atomic E-state index is 0.0604. The third-order valence-corrected chi connectivity index (χ3v) is 3.25. The zero-order chi connectivity index (χ0) is 16.1. The van der Waals surface area contributed by atoms with E-state index in [0.717, 1.165) is 11.3 Å². The van der Waals surface area contributed by atoms with Gasteiger partial charge in [0.2, 0.25) is 0 Å². The summed E-state index contributed by atoms with van der Waals surface area (Å²) < 4.78 is 1.59. The van der Waals surface area contributed by atoms with Crippen molar-refractivity contribution in [1.82, 2.24) is 9.78 Å². The molecule has 6 N–H and O–H groups in total. The Bertz CT molecular complexity index is 716. The molecule has 0 spiro atoms. The molecule has 0 radical (unpaired) electrons. The van der Waals surface area contributed by atoms with Crippen molar-refractivity contribution >= 4 is 11.8 Å². The summed E-state index contributed by atoms with van der Waals surface area (Å²) in [5.74, 6) is 0.411. The number of aromatic nitrogens is 2. The lowest BCUT2D eigenvalue weighted by Crippen LogP contribution is -2.23. The first-order valence-corrected chi connectivity index (χ1v) is 6.93. The summed E-state index contributed by atoms with van der Waals surface area (Å²) in [5.41, 5.74) is 19.6. The molecular formula is C15H19N7. The third-order valence-electron chi connectivity index (χ3n) is 3.25. The Balaban J connectivity index is 2.25. The predicted molar refractivity (Wildman–Crippen MR) is 86.4 cm³/mol. The average Bonchev–Trinajstić information content (AvgIpc) is 2.80. The number of aliphatic imine (C=N–C) groups is 1. The Morgan fingerprint density at radius 1 is 1.32 bits per heavy atom. The summed E-state index contributed by atoms with van der Waals surface area (Å²) in [5, 5.41) is 13.8. The molecule has 0 fully saturated rings. The summed E-state index contributed by atoms with van der Waals surface area (Å²) in [7, 11) is 0. The van der Waals surface area contributed by atoms with Gasteiger partial charge in [0.05, 0.1) is 11.4 Å². The lowest BCUT2D eigenvalue weighted by Gasteiger charge is -2.03. The molecule has 2 aromatic rings. The van der Waals surface area contributed by atoms with E-state index < -0.39 is 0 Å². The van der Waals surface area contributed by atoms with Crippen LogP contribution in [-0.4, -0.2) is 22.3 Å². The fourth-order valence-electron chi connectivity index (χ4n) is 2.11. The topological polar surface area (TPSA) is 132 Å². The molecule has 0 saturated heterocycles. The molecule has 0 aliphatic rings.